The Labute approximate surface area is 158 Å². The van der Waals surface area contributed by atoms with Gasteiger partial charge in [0.05, 0.1) is 12.8 Å². The van der Waals surface area contributed by atoms with Crippen LogP contribution in [0.3, 0.4) is 0 Å². The van der Waals surface area contributed by atoms with Crippen LogP contribution in [0.4, 0.5) is 16.6 Å². The highest BCUT2D eigenvalue weighted by Gasteiger charge is 2.19. The quantitative estimate of drug-likeness (QED) is 0.584. The van der Waals surface area contributed by atoms with Gasteiger partial charge in [0.15, 0.2) is 5.13 Å². The number of ketones is 1. The number of nitrogens with two attached hydrogens (primary N) is 1. The Morgan fingerprint density at radius 1 is 1.28 bits per heavy atom. The zero-order chi connectivity index (χ0) is 18.0. The van der Waals surface area contributed by atoms with Crippen molar-refractivity contribution in [2.24, 2.45) is 0 Å². The first-order valence-electron chi connectivity index (χ1n) is 7.46. The molecule has 3 rings (SSSR count). The zero-order valence-corrected chi connectivity index (χ0v) is 16.1. The summed E-state index contributed by atoms with van der Waals surface area (Å²) in [6.07, 6.45) is 0. The number of nitrogen functional groups attached to an aromatic ring is 1. The third-order valence-corrected chi connectivity index (χ3v) is 5.02. The topological polar surface area (TPSA) is 77.2 Å². The van der Waals surface area contributed by atoms with E-state index in [2.05, 4.69) is 26.2 Å². The average molecular weight is 418 g/mol. The van der Waals surface area contributed by atoms with Gasteiger partial charge in [0.1, 0.15) is 16.4 Å². The molecule has 3 N–H and O–H groups in total. The van der Waals surface area contributed by atoms with Gasteiger partial charge in [-0.1, -0.05) is 45.5 Å². The van der Waals surface area contributed by atoms with Crippen molar-refractivity contribution in [1.29, 1.82) is 0 Å². The van der Waals surface area contributed by atoms with Crippen LogP contribution in [0.5, 0.6) is 5.75 Å². The molecular formula is C18H16BrN3O2S. The van der Waals surface area contributed by atoms with Gasteiger partial charge >= 0.3 is 0 Å². The smallest absolute Gasteiger partial charge is 0.206 e. The van der Waals surface area contributed by atoms with Crippen molar-refractivity contribution in [3.63, 3.8) is 0 Å². The van der Waals surface area contributed by atoms with Crippen LogP contribution >= 0.6 is 27.3 Å². The number of benzene rings is 2. The molecule has 0 amide bonds. The highest BCUT2D eigenvalue weighted by molar-refractivity contribution is 9.10. The van der Waals surface area contributed by atoms with Gasteiger partial charge in [-0.05, 0) is 36.8 Å². The summed E-state index contributed by atoms with van der Waals surface area (Å²) in [4.78, 5) is 17.4. The number of carbonyl (C=O) groups is 1. The average Bonchev–Trinajstić information content (AvgIpc) is 2.94. The van der Waals surface area contributed by atoms with Crippen LogP contribution in [0.1, 0.15) is 20.8 Å². The fraction of sp³-hybridized carbons (Fsp3) is 0.111. The molecule has 0 radical (unpaired) electrons. The number of aromatic nitrogens is 1. The van der Waals surface area contributed by atoms with Gasteiger partial charge < -0.3 is 15.8 Å². The van der Waals surface area contributed by atoms with Crippen molar-refractivity contribution in [3.8, 4) is 5.75 Å². The minimum atomic E-state index is -0.152. The Bertz CT molecular complexity index is 940. The summed E-state index contributed by atoms with van der Waals surface area (Å²) in [6, 6.07) is 13.0. The van der Waals surface area contributed by atoms with E-state index < -0.39 is 0 Å². The monoisotopic (exact) mass is 417 g/mol. The second kappa shape index (κ2) is 7.25. The molecule has 0 bridgehead atoms. The third-order valence-electron chi connectivity index (χ3n) is 3.54. The van der Waals surface area contributed by atoms with Gasteiger partial charge in [-0.25, -0.2) is 4.98 Å². The maximum atomic E-state index is 12.7. The van der Waals surface area contributed by atoms with Gasteiger partial charge in [0, 0.05) is 10.0 Å². The van der Waals surface area contributed by atoms with E-state index in [-0.39, 0.29) is 11.6 Å². The Morgan fingerprint density at radius 2 is 2.08 bits per heavy atom. The number of halogens is 1. The van der Waals surface area contributed by atoms with Gasteiger partial charge in [-0.3, -0.25) is 4.79 Å². The molecule has 0 aliphatic carbocycles. The number of ether oxygens (including phenoxy) is 1. The predicted molar refractivity (Wildman–Crippen MR) is 105 cm³/mol. The molecule has 0 saturated heterocycles. The standard InChI is InChI=1S/C18H16BrN3O2S/c1-10-6-7-14(24-2)13(8-10)21-18-22-17(20)16(25-18)15(23)11-4-3-5-12(19)9-11/h3-9H,20H2,1-2H3,(H,21,22). The first-order chi connectivity index (χ1) is 12.0. The lowest BCUT2D eigenvalue weighted by Crippen LogP contribution is -2.02. The summed E-state index contributed by atoms with van der Waals surface area (Å²) in [5, 5.41) is 3.73. The summed E-state index contributed by atoms with van der Waals surface area (Å²) in [7, 11) is 1.61. The largest absolute Gasteiger partial charge is 0.495 e. The second-order valence-corrected chi connectivity index (χ2v) is 7.32. The van der Waals surface area contributed by atoms with Gasteiger partial charge in [-0.15, -0.1) is 0 Å². The van der Waals surface area contributed by atoms with E-state index in [0.717, 1.165) is 15.7 Å². The molecule has 0 fully saturated rings. The third kappa shape index (κ3) is 3.83. The van der Waals surface area contributed by atoms with Crippen molar-refractivity contribution in [3.05, 3.63) is 62.9 Å². The van der Waals surface area contributed by atoms with Crippen LogP contribution in [0.25, 0.3) is 0 Å². The number of hydrogen-bond donors (Lipinski definition) is 2. The number of thiazole rings is 1. The van der Waals surface area contributed by atoms with Crippen LogP contribution in [0.2, 0.25) is 0 Å². The first-order valence-corrected chi connectivity index (χ1v) is 9.07. The first kappa shape index (κ1) is 17.4. The molecule has 0 aliphatic heterocycles. The molecule has 1 aromatic heterocycles. The van der Waals surface area contributed by atoms with Crippen LogP contribution in [0.15, 0.2) is 46.9 Å². The number of methoxy groups -OCH3 is 1. The van der Waals surface area contributed by atoms with Crippen molar-refractivity contribution >= 4 is 49.7 Å². The molecule has 25 heavy (non-hydrogen) atoms. The summed E-state index contributed by atoms with van der Waals surface area (Å²) in [5.74, 6) is 0.754. The van der Waals surface area contributed by atoms with E-state index >= 15 is 0 Å². The van der Waals surface area contributed by atoms with Crippen molar-refractivity contribution < 1.29 is 9.53 Å². The van der Waals surface area contributed by atoms with E-state index in [1.54, 1.807) is 19.2 Å². The minimum Gasteiger partial charge on any atom is -0.495 e. The van der Waals surface area contributed by atoms with Gasteiger partial charge in [0.25, 0.3) is 0 Å². The fourth-order valence-electron chi connectivity index (χ4n) is 2.34. The van der Waals surface area contributed by atoms with E-state index in [9.17, 15) is 4.79 Å². The number of aryl methyl sites for hydroxylation is 1. The Morgan fingerprint density at radius 3 is 2.80 bits per heavy atom. The van der Waals surface area contributed by atoms with Gasteiger partial charge in [0.2, 0.25) is 5.78 Å². The van der Waals surface area contributed by atoms with Gasteiger partial charge in [-0.2, -0.15) is 0 Å². The van der Waals surface area contributed by atoms with E-state index in [4.69, 9.17) is 10.5 Å². The van der Waals surface area contributed by atoms with Crippen molar-refractivity contribution in [1.82, 2.24) is 4.98 Å². The fourth-order valence-corrected chi connectivity index (χ4v) is 3.60. The summed E-state index contributed by atoms with van der Waals surface area (Å²) in [5.41, 5.74) is 8.38. The summed E-state index contributed by atoms with van der Waals surface area (Å²) < 4.78 is 6.19. The molecule has 0 aliphatic rings. The van der Waals surface area contributed by atoms with Crippen molar-refractivity contribution in [2.75, 3.05) is 18.2 Å². The maximum Gasteiger partial charge on any atom is 0.206 e. The van der Waals surface area contributed by atoms with Crippen molar-refractivity contribution in [2.45, 2.75) is 6.92 Å². The van der Waals surface area contributed by atoms with E-state index in [1.807, 2.05) is 37.3 Å². The molecule has 0 spiro atoms. The second-order valence-electron chi connectivity index (χ2n) is 5.40. The van der Waals surface area contributed by atoms with Crippen LogP contribution in [-0.2, 0) is 0 Å². The molecule has 0 unspecified atom stereocenters. The molecule has 0 saturated carbocycles. The number of nitrogens with one attached hydrogen (secondary N) is 1. The highest BCUT2D eigenvalue weighted by atomic mass is 79.9. The molecule has 5 nitrogen and oxygen atoms in total. The normalized spacial score (nSPS) is 10.5. The van der Waals surface area contributed by atoms with E-state index in [0.29, 0.717) is 21.3 Å². The maximum absolute atomic E-state index is 12.7. The molecule has 7 heteroatoms. The molecule has 128 valence electrons. The molecule has 1 heterocycles. The Balaban J connectivity index is 1.91. The number of hydrogen-bond acceptors (Lipinski definition) is 6. The predicted octanol–water partition coefficient (Wildman–Crippen LogP) is 4.78. The molecule has 0 atom stereocenters. The lowest BCUT2D eigenvalue weighted by Gasteiger charge is -2.09. The number of rotatable bonds is 5. The van der Waals surface area contributed by atoms with E-state index in [1.165, 1.54) is 11.3 Å². The van der Waals surface area contributed by atoms with Crippen LogP contribution in [-0.4, -0.2) is 17.9 Å². The highest BCUT2D eigenvalue weighted by Crippen LogP contribution is 2.33. The number of anilines is 3. The lowest BCUT2D eigenvalue weighted by molar-refractivity contribution is 0.104. The SMILES string of the molecule is COc1ccc(C)cc1Nc1nc(N)c(C(=O)c2cccc(Br)c2)s1. The number of carbonyl (C=O) groups excluding carboxylic acids is 1. The zero-order valence-electron chi connectivity index (χ0n) is 13.7. The minimum absolute atomic E-state index is 0.152. The molecule has 3 aromatic rings. The number of nitrogens with zero attached hydrogens (tertiary/aromatic N) is 1. The molecular weight excluding hydrogens is 402 g/mol. The van der Waals surface area contributed by atoms with Crippen LogP contribution < -0.4 is 15.8 Å². The Hall–Kier alpha value is -2.38. The molecule has 2 aromatic carbocycles. The lowest BCUT2D eigenvalue weighted by atomic mass is 10.1. The van der Waals surface area contributed by atoms with Crippen LogP contribution in [0, 0.1) is 6.92 Å². The summed E-state index contributed by atoms with van der Waals surface area (Å²) in [6.45, 7) is 1.99. The Kier molecular flexibility index (Phi) is 5.06. The summed E-state index contributed by atoms with van der Waals surface area (Å²) >= 11 is 4.59.